The van der Waals surface area contributed by atoms with Gasteiger partial charge in [-0.15, -0.1) is 11.3 Å². The van der Waals surface area contributed by atoms with E-state index in [1.54, 1.807) is 13.2 Å². The lowest BCUT2D eigenvalue weighted by atomic mass is 10.2. The van der Waals surface area contributed by atoms with Crippen molar-refractivity contribution < 1.29 is 9.53 Å². The molecule has 0 radical (unpaired) electrons. The second-order valence-electron chi connectivity index (χ2n) is 6.14. The second-order valence-corrected chi connectivity index (χ2v) is 7.05. The molecule has 2 aromatic rings. The third-order valence-electron chi connectivity index (χ3n) is 4.69. The van der Waals surface area contributed by atoms with Crippen molar-refractivity contribution in [2.45, 2.75) is 13.0 Å². The van der Waals surface area contributed by atoms with Crippen molar-refractivity contribution >= 4 is 27.9 Å². The number of para-hydroxylation sites is 2. The number of amides is 1. The first kappa shape index (κ1) is 18.2. The number of benzene rings is 1. The van der Waals surface area contributed by atoms with Crippen molar-refractivity contribution in [2.75, 3.05) is 43.5 Å². The van der Waals surface area contributed by atoms with Crippen LogP contribution in [0.5, 0.6) is 5.75 Å². The molecule has 1 amide bonds. The van der Waals surface area contributed by atoms with E-state index in [9.17, 15) is 4.79 Å². The molecule has 7 heteroatoms. The van der Waals surface area contributed by atoms with Crippen LogP contribution < -0.4 is 15.0 Å². The zero-order valence-corrected chi connectivity index (χ0v) is 15.8. The van der Waals surface area contributed by atoms with Gasteiger partial charge < -0.3 is 15.0 Å². The molecule has 1 aromatic heterocycles. The zero-order chi connectivity index (χ0) is 18.5. The molecular weight excluding hydrogens is 348 g/mol. The fraction of sp³-hybridized carbons (Fsp3) is 0.368. The van der Waals surface area contributed by atoms with Gasteiger partial charge >= 0.3 is 0 Å². The van der Waals surface area contributed by atoms with Crippen molar-refractivity contribution in [3.63, 3.8) is 0 Å². The number of carbonyl (C=O) groups excluding carboxylic acids is 1. The Hall–Kier alpha value is -2.56. The third-order valence-corrected chi connectivity index (χ3v) is 5.52. The summed E-state index contributed by atoms with van der Waals surface area (Å²) in [6.07, 6.45) is 0. The molecule has 1 saturated heterocycles. The van der Waals surface area contributed by atoms with Crippen molar-refractivity contribution in [1.29, 1.82) is 5.26 Å². The van der Waals surface area contributed by atoms with Crippen LogP contribution in [0.3, 0.4) is 0 Å². The SMILES string of the molecule is COc1ccccc1N1CCN([C@H](C)C(=O)Nc2sccc2C#N)CC1. The maximum Gasteiger partial charge on any atom is 0.242 e. The van der Waals surface area contributed by atoms with Crippen LogP contribution >= 0.6 is 11.3 Å². The monoisotopic (exact) mass is 370 g/mol. The predicted molar refractivity (Wildman–Crippen MR) is 104 cm³/mol. The standard InChI is InChI=1S/C19H22N4O2S/c1-14(18(24)21-19-15(13-20)7-12-26-19)22-8-10-23(11-9-22)16-5-3-4-6-17(16)25-2/h3-7,12,14H,8-11H2,1-2H3,(H,21,24)/t14-/m1/s1. The number of nitriles is 1. The number of ether oxygens (including phenoxy) is 1. The molecular formula is C19H22N4O2S. The Bertz CT molecular complexity index is 806. The van der Waals surface area contributed by atoms with Gasteiger partial charge in [0.25, 0.3) is 0 Å². The number of methoxy groups -OCH3 is 1. The number of rotatable bonds is 5. The van der Waals surface area contributed by atoms with Gasteiger partial charge in [-0.3, -0.25) is 9.69 Å². The molecule has 1 aliphatic rings. The minimum atomic E-state index is -0.247. The minimum absolute atomic E-state index is 0.0744. The molecule has 3 rings (SSSR count). The summed E-state index contributed by atoms with van der Waals surface area (Å²) in [6.45, 7) is 5.17. The van der Waals surface area contributed by atoms with Crippen LogP contribution in [0.25, 0.3) is 0 Å². The summed E-state index contributed by atoms with van der Waals surface area (Å²) in [5, 5.41) is 14.4. The van der Waals surface area contributed by atoms with E-state index in [1.165, 1.54) is 11.3 Å². The lowest BCUT2D eigenvalue weighted by molar-refractivity contribution is -0.120. The molecule has 0 unspecified atom stereocenters. The summed E-state index contributed by atoms with van der Waals surface area (Å²) in [4.78, 5) is 17.0. The van der Waals surface area contributed by atoms with Crippen LogP contribution in [-0.2, 0) is 4.79 Å². The van der Waals surface area contributed by atoms with Crippen LogP contribution in [0.1, 0.15) is 12.5 Å². The highest BCUT2D eigenvalue weighted by atomic mass is 32.1. The van der Waals surface area contributed by atoms with Crippen LogP contribution in [-0.4, -0.2) is 50.1 Å². The topological polar surface area (TPSA) is 68.6 Å². The van der Waals surface area contributed by atoms with Crippen molar-refractivity contribution in [1.82, 2.24) is 4.90 Å². The average molecular weight is 370 g/mol. The van der Waals surface area contributed by atoms with Gasteiger partial charge in [-0.2, -0.15) is 5.26 Å². The molecule has 136 valence electrons. The molecule has 1 N–H and O–H groups in total. The summed E-state index contributed by atoms with van der Waals surface area (Å²) >= 11 is 1.37. The van der Waals surface area contributed by atoms with Gasteiger partial charge in [0.05, 0.1) is 24.4 Å². The summed E-state index contributed by atoms with van der Waals surface area (Å²) in [7, 11) is 1.68. The van der Waals surface area contributed by atoms with E-state index in [0.717, 1.165) is 37.6 Å². The van der Waals surface area contributed by atoms with E-state index >= 15 is 0 Å². The number of nitrogens with one attached hydrogen (secondary N) is 1. The summed E-state index contributed by atoms with van der Waals surface area (Å²) < 4.78 is 5.45. The first-order chi connectivity index (χ1) is 12.6. The summed E-state index contributed by atoms with van der Waals surface area (Å²) in [6, 6.07) is 11.6. The van der Waals surface area contributed by atoms with E-state index in [-0.39, 0.29) is 11.9 Å². The highest BCUT2D eigenvalue weighted by molar-refractivity contribution is 7.14. The van der Waals surface area contributed by atoms with Crippen molar-refractivity contribution in [3.05, 3.63) is 41.3 Å². The lowest BCUT2D eigenvalue weighted by Crippen LogP contribution is -2.52. The van der Waals surface area contributed by atoms with Gasteiger partial charge in [-0.25, -0.2) is 0 Å². The van der Waals surface area contributed by atoms with Crippen LogP contribution in [0.15, 0.2) is 35.7 Å². The molecule has 1 atom stereocenters. The lowest BCUT2D eigenvalue weighted by Gasteiger charge is -2.38. The van der Waals surface area contributed by atoms with E-state index < -0.39 is 0 Å². The average Bonchev–Trinajstić information content (AvgIpc) is 3.14. The summed E-state index contributed by atoms with van der Waals surface area (Å²) in [5.74, 6) is 0.795. The van der Waals surface area contributed by atoms with Gasteiger partial charge in [0, 0.05) is 26.2 Å². The Morgan fingerprint density at radius 3 is 2.69 bits per heavy atom. The Morgan fingerprint density at radius 2 is 2.00 bits per heavy atom. The second kappa shape index (κ2) is 8.21. The van der Waals surface area contributed by atoms with E-state index in [0.29, 0.717) is 10.6 Å². The van der Waals surface area contributed by atoms with E-state index in [1.807, 2.05) is 30.5 Å². The smallest absolute Gasteiger partial charge is 0.242 e. The maximum atomic E-state index is 12.5. The van der Waals surface area contributed by atoms with Crippen LogP contribution in [0, 0.1) is 11.3 Å². The van der Waals surface area contributed by atoms with E-state index in [2.05, 4.69) is 27.3 Å². The molecule has 0 bridgehead atoms. The number of hydrogen-bond donors (Lipinski definition) is 1. The Morgan fingerprint density at radius 1 is 1.27 bits per heavy atom. The number of carbonyl (C=O) groups is 1. The molecule has 0 aliphatic carbocycles. The fourth-order valence-electron chi connectivity index (χ4n) is 3.12. The Kier molecular flexibility index (Phi) is 5.76. The van der Waals surface area contributed by atoms with E-state index in [4.69, 9.17) is 10.00 Å². The zero-order valence-electron chi connectivity index (χ0n) is 14.9. The summed E-state index contributed by atoms with van der Waals surface area (Å²) in [5.41, 5.74) is 1.60. The Labute approximate surface area is 157 Å². The molecule has 0 saturated carbocycles. The molecule has 1 aromatic carbocycles. The van der Waals surface area contributed by atoms with Gasteiger partial charge in [-0.1, -0.05) is 12.1 Å². The predicted octanol–water partition coefficient (Wildman–Crippen LogP) is 2.78. The first-order valence-electron chi connectivity index (χ1n) is 8.54. The van der Waals surface area contributed by atoms with Gasteiger partial charge in [0.15, 0.2) is 0 Å². The van der Waals surface area contributed by atoms with Crippen molar-refractivity contribution in [3.8, 4) is 11.8 Å². The number of anilines is 2. The molecule has 6 nitrogen and oxygen atoms in total. The number of thiophene rings is 1. The largest absolute Gasteiger partial charge is 0.495 e. The fourth-order valence-corrected chi connectivity index (χ4v) is 3.86. The molecule has 0 spiro atoms. The van der Waals surface area contributed by atoms with Crippen LogP contribution in [0.2, 0.25) is 0 Å². The molecule has 2 heterocycles. The number of piperazine rings is 1. The maximum absolute atomic E-state index is 12.5. The minimum Gasteiger partial charge on any atom is -0.495 e. The Balaban J connectivity index is 1.59. The highest BCUT2D eigenvalue weighted by Crippen LogP contribution is 2.29. The van der Waals surface area contributed by atoms with Gasteiger partial charge in [0.1, 0.15) is 16.8 Å². The quantitative estimate of drug-likeness (QED) is 0.876. The molecule has 1 aliphatic heterocycles. The van der Waals surface area contributed by atoms with Gasteiger partial charge in [-0.05, 0) is 30.5 Å². The van der Waals surface area contributed by atoms with Gasteiger partial charge in [0.2, 0.25) is 5.91 Å². The molecule has 1 fully saturated rings. The number of hydrogen-bond acceptors (Lipinski definition) is 6. The van der Waals surface area contributed by atoms with Crippen LogP contribution in [0.4, 0.5) is 10.7 Å². The first-order valence-corrected chi connectivity index (χ1v) is 9.42. The molecule has 26 heavy (non-hydrogen) atoms. The third kappa shape index (κ3) is 3.82. The van der Waals surface area contributed by atoms with Crippen molar-refractivity contribution in [2.24, 2.45) is 0 Å². The normalized spacial score (nSPS) is 16.0. The highest BCUT2D eigenvalue weighted by Gasteiger charge is 2.27. The number of nitrogens with zero attached hydrogens (tertiary/aromatic N) is 3.